The lowest BCUT2D eigenvalue weighted by molar-refractivity contribution is -0.107. The molecule has 0 aromatic heterocycles. The van der Waals surface area contributed by atoms with Crippen LogP contribution in [0.2, 0.25) is 0 Å². The van der Waals surface area contributed by atoms with Crippen molar-refractivity contribution in [3.05, 3.63) is 11.6 Å². The average Bonchev–Trinajstić information content (AvgIpc) is 2.42. The van der Waals surface area contributed by atoms with E-state index in [1.165, 1.54) is 10.6 Å². The smallest absolute Gasteiger partial charge is 0.124 e. The van der Waals surface area contributed by atoms with Crippen LogP contribution in [0, 0.1) is 0 Å². The topological polar surface area (TPSA) is 29.4 Å². The van der Waals surface area contributed by atoms with Crippen LogP contribution in [0.5, 0.6) is 0 Å². The molecule has 1 aliphatic rings. The summed E-state index contributed by atoms with van der Waals surface area (Å²) < 4.78 is 0. The third-order valence-electron chi connectivity index (χ3n) is 2.39. The van der Waals surface area contributed by atoms with Crippen molar-refractivity contribution in [1.29, 1.82) is 0 Å². The van der Waals surface area contributed by atoms with Crippen molar-refractivity contribution in [1.82, 2.24) is 0 Å². The second kappa shape index (κ2) is 6.83. The lowest BCUT2D eigenvalue weighted by Gasteiger charge is -2.06. The first-order valence-corrected chi connectivity index (χ1v) is 6.61. The molecule has 1 rings (SSSR count). The van der Waals surface area contributed by atoms with Gasteiger partial charge in [-0.1, -0.05) is 31.9 Å². The summed E-state index contributed by atoms with van der Waals surface area (Å²) in [6.07, 6.45) is 6.99. The molecular weight excluding hydrogens is 206 g/mol. The zero-order valence-corrected chi connectivity index (χ0v) is 10.3. The van der Waals surface area contributed by atoms with Gasteiger partial charge in [0, 0.05) is 12.2 Å². The molecule has 1 atom stereocenters. The van der Waals surface area contributed by atoms with E-state index in [2.05, 4.69) is 19.9 Å². The Labute approximate surface area is 96.2 Å². The number of thioether (sulfide) groups is 1. The van der Waals surface area contributed by atoms with Crippen molar-refractivity contribution >= 4 is 23.1 Å². The van der Waals surface area contributed by atoms with E-state index in [9.17, 15) is 4.79 Å². The predicted molar refractivity (Wildman–Crippen MR) is 67.6 cm³/mol. The summed E-state index contributed by atoms with van der Waals surface area (Å²) in [6.45, 7) is 4.31. The molecule has 0 spiro atoms. The number of hydrogen-bond donors (Lipinski definition) is 0. The standard InChI is InChI=1S/C12H19NOS/c1-3-5-11-8-10(6-7-14)9-15-12(4-2)13-11/h7-8,11H,3-6,9H2,1-2H3. The third-order valence-corrected chi connectivity index (χ3v) is 3.64. The number of aldehydes is 1. The third kappa shape index (κ3) is 4.20. The second-order valence-corrected chi connectivity index (χ2v) is 4.77. The monoisotopic (exact) mass is 225 g/mol. The highest BCUT2D eigenvalue weighted by Crippen LogP contribution is 2.22. The minimum absolute atomic E-state index is 0.301. The molecule has 0 fully saturated rings. The van der Waals surface area contributed by atoms with E-state index in [0.29, 0.717) is 12.5 Å². The molecule has 84 valence electrons. The quantitative estimate of drug-likeness (QED) is 0.531. The molecule has 15 heavy (non-hydrogen) atoms. The zero-order valence-electron chi connectivity index (χ0n) is 9.53. The molecule has 1 heterocycles. The van der Waals surface area contributed by atoms with Crippen molar-refractivity contribution in [2.24, 2.45) is 4.99 Å². The van der Waals surface area contributed by atoms with Crippen LogP contribution >= 0.6 is 11.8 Å². The first-order chi connectivity index (χ1) is 7.30. The summed E-state index contributed by atoms with van der Waals surface area (Å²) >= 11 is 1.78. The Bertz CT molecular complexity index is 271. The van der Waals surface area contributed by atoms with Crippen LogP contribution in [-0.4, -0.2) is 23.1 Å². The van der Waals surface area contributed by atoms with Crippen molar-refractivity contribution in [3.63, 3.8) is 0 Å². The SMILES string of the molecule is CCCC1C=C(CC=O)CSC(CC)=N1. The molecule has 0 radical (unpaired) electrons. The van der Waals surface area contributed by atoms with Crippen molar-refractivity contribution < 1.29 is 4.79 Å². The summed E-state index contributed by atoms with van der Waals surface area (Å²) in [5.74, 6) is 0.936. The van der Waals surface area contributed by atoms with Crippen LogP contribution < -0.4 is 0 Å². The minimum atomic E-state index is 0.301. The molecule has 0 saturated carbocycles. The number of hydrogen-bond acceptors (Lipinski definition) is 3. The Morgan fingerprint density at radius 2 is 2.40 bits per heavy atom. The fourth-order valence-electron chi connectivity index (χ4n) is 1.63. The Morgan fingerprint density at radius 1 is 1.60 bits per heavy atom. The highest BCUT2D eigenvalue weighted by Gasteiger charge is 2.12. The second-order valence-electron chi connectivity index (χ2n) is 3.72. The maximum atomic E-state index is 10.5. The molecule has 1 aliphatic heterocycles. The van der Waals surface area contributed by atoms with Gasteiger partial charge in [-0.05, 0) is 12.8 Å². The van der Waals surface area contributed by atoms with E-state index in [4.69, 9.17) is 4.99 Å². The lowest BCUT2D eigenvalue weighted by Crippen LogP contribution is -2.02. The molecule has 0 aromatic carbocycles. The normalized spacial score (nSPS) is 21.6. The van der Waals surface area contributed by atoms with E-state index in [1.807, 2.05) is 0 Å². The van der Waals surface area contributed by atoms with Crippen molar-refractivity contribution in [2.45, 2.75) is 45.6 Å². The molecular formula is C12H19NOS. The number of nitrogens with zero attached hydrogens (tertiary/aromatic N) is 1. The van der Waals surface area contributed by atoms with E-state index < -0.39 is 0 Å². The summed E-state index contributed by atoms with van der Waals surface area (Å²) in [5.41, 5.74) is 1.24. The maximum absolute atomic E-state index is 10.5. The molecule has 0 N–H and O–H groups in total. The fraction of sp³-hybridized carbons (Fsp3) is 0.667. The van der Waals surface area contributed by atoms with E-state index in [1.54, 1.807) is 11.8 Å². The van der Waals surface area contributed by atoms with Crippen molar-refractivity contribution in [2.75, 3.05) is 5.75 Å². The summed E-state index contributed by atoms with van der Waals surface area (Å²) in [7, 11) is 0. The van der Waals surface area contributed by atoms with Gasteiger partial charge in [-0.3, -0.25) is 4.99 Å². The van der Waals surface area contributed by atoms with Gasteiger partial charge in [0.2, 0.25) is 0 Å². The van der Waals surface area contributed by atoms with Gasteiger partial charge in [-0.2, -0.15) is 0 Å². The van der Waals surface area contributed by atoms with Gasteiger partial charge in [0.1, 0.15) is 6.29 Å². The molecule has 3 heteroatoms. The number of carbonyl (C=O) groups excluding carboxylic acids is 1. The van der Waals surface area contributed by atoms with Crippen LogP contribution in [0.4, 0.5) is 0 Å². The molecule has 1 unspecified atom stereocenters. The lowest BCUT2D eigenvalue weighted by atomic mass is 10.1. The maximum Gasteiger partial charge on any atom is 0.124 e. The fourth-order valence-corrected chi connectivity index (χ4v) is 2.61. The van der Waals surface area contributed by atoms with Gasteiger partial charge in [0.25, 0.3) is 0 Å². The summed E-state index contributed by atoms with van der Waals surface area (Å²) in [6, 6.07) is 0.301. The number of rotatable bonds is 5. The van der Waals surface area contributed by atoms with Gasteiger partial charge in [0.05, 0.1) is 11.1 Å². The van der Waals surface area contributed by atoms with Gasteiger partial charge >= 0.3 is 0 Å². The molecule has 0 saturated heterocycles. The zero-order chi connectivity index (χ0) is 11.1. The first-order valence-electron chi connectivity index (χ1n) is 5.62. The highest BCUT2D eigenvalue weighted by atomic mass is 32.2. The van der Waals surface area contributed by atoms with Gasteiger partial charge in [0.15, 0.2) is 0 Å². The van der Waals surface area contributed by atoms with Gasteiger partial charge in [-0.25, -0.2) is 0 Å². The Hall–Kier alpha value is -0.570. The van der Waals surface area contributed by atoms with Crippen LogP contribution in [0.25, 0.3) is 0 Å². The predicted octanol–water partition coefficient (Wildman–Crippen LogP) is 3.23. The summed E-state index contributed by atoms with van der Waals surface area (Å²) in [5, 5.41) is 1.23. The average molecular weight is 225 g/mol. The van der Waals surface area contributed by atoms with Crippen LogP contribution in [0.3, 0.4) is 0 Å². The van der Waals surface area contributed by atoms with Gasteiger partial charge in [-0.15, -0.1) is 11.8 Å². The van der Waals surface area contributed by atoms with Crippen LogP contribution in [-0.2, 0) is 4.79 Å². The van der Waals surface area contributed by atoms with E-state index in [-0.39, 0.29) is 0 Å². The molecule has 0 aliphatic carbocycles. The Balaban J connectivity index is 2.72. The van der Waals surface area contributed by atoms with Gasteiger partial charge < -0.3 is 4.79 Å². The minimum Gasteiger partial charge on any atom is -0.303 e. The molecule has 2 nitrogen and oxygen atoms in total. The number of carbonyl (C=O) groups is 1. The van der Waals surface area contributed by atoms with E-state index >= 15 is 0 Å². The van der Waals surface area contributed by atoms with Crippen molar-refractivity contribution in [3.8, 4) is 0 Å². The Morgan fingerprint density at radius 3 is 3.00 bits per heavy atom. The number of aliphatic imine (C=N–C) groups is 1. The molecule has 0 amide bonds. The van der Waals surface area contributed by atoms with Crippen LogP contribution in [0.15, 0.2) is 16.6 Å². The Kier molecular flexibility index (Phi) is 5.69. The first kappa shape index (κ1) is 12.5. The largest absolute Gasteiger partial charge is 0.303 e. The summed E-state index contributed by atoms with van der Waals surface area (Å²) in [4.78, 5) is 15.2. The molecule has 0 aromatic rings. The van der Waals surface area contributed by atoms with Crippen LogP contribution in [0.1, 0.15) is 39.5 Å². The van der Waals surface area contributed by atoms with E-state index in [0.717, 1.165) is 31.3 Å². The highest BCUT2D eigenvalue weighted by molar-refractivity contribution is 8.14. The molecule has 0 bridgehead atoms.